The molecule has 2 N–H and O–H groups in total. The topological polar surface area (TPSA) is 43.8 Å². The molecule has 0 amide bonds. The van der Waals surface area contributed by atoms with Crippen molar-refractivity contribution in [2.45, 2.75) is 20.4 Å². The summed E-state index contributed by atoms with van der Waals surface area (Å²) in [7, 11) is 0. The SMILES string of the molecule is Cc1nn(-c2cccc(Cl)c2C)cc1CN. The Balaban J connectivity index is 2.54. The third-order valence-corrected chi connectivity index (χ3v) is 3.12. The summed E-state index contributed by atoms with van der Waals surface area (Å²) in [4.78, 5) is 0. The molecule has 0 radical (unpaired) electrons. The molecule has 0 unspecified atom stereocenters. The largest absolute Gasteiger partial charge is 0.326 e. The van der Waals surface area contributed by atoms with Gasteiger partial charge in [0.05, 0.1) is 11.4 Å². The second-order valence-electron chi connectivity index (χ2n) is 3.77. The van der Waals surface area contributed by atoms with Crippen LogP contribution in [-0.4, -0.2) is 9.78 Å². The van der Waals surface area contributed by atoms with Gasteiger partial charge in [0.2, 0.25) is 0 Å². The average molecular weight is 236 g/mol. The Morgan fingerprint density at radius 2 is 2.12 bits per heavy atom. The Kier molecular flexibility index (Phi) is 2.99. The first kappa shape index (κ1) is 11.2. The number of nitrogens with zero attached hydrogens (tertiary/aromatic N) is 2. The standard InChI is InChI=1S/C12H14ClN3/c1-8-11(13)4-3-5-12(8)16-7-10(6-14)9(2)15-16/h3-5,7H,6,14H2,1-2H3. The first-order valence-corrected chi connectivity index (χ1v) is 5.52. The number of nitrogens with two attached hydrogens (primary N) is 1. The molecule has 3 nitrogen and oxygen atoms in total. The molecule has 1 heterocycles. The van der Waals surface area contributed by atoms with E-state index in [0.717, 1.165) is 27.5 Å². The molecule has 0 aliphatic heterocycles. The lowest BCUT2D eigenvalue weighted by Crippen LogP contribution is -1.98. The molecule has 0 aliphatic rings. The van der Waals surface area contributed by atoms with E-state index in [0.29, 0.717) is 6.54 Å². The molecule has 1 aromatic carbocycles. The third kappa shape index (κ3) is 1.84. The molecule has 2 rings (SSSR count). The number of hydrogen-bond acceptors (Lipinski definition) is 2. The van der Waals surface area contributed by atoms with E-state index in [-0.39, 0.29) is 0 Å². The molecule has 0 fully saturated rings. The van der Waals surface area contributed by atoms with Crippen LogP contribution in [0.25, 0.3) is 5.69 Å². The monoisotopic (exact) mass is 235 g/mol. The summed E-state index contributed by atoms with van der Waals surface area (Å²) in [6, 6.07) is 5.79. The highest BCUT2D eigenvalue weighted by atomic mass is 35.5. The fourth-order valence-electron chi connectivity index (χ4n) is 1.66. The van der Waals surface area contributed by atoms with E-state index >= 15 is 0 Å². The zero-order chi connectivity index (χ0) is 11.7. The fourth-order valence-corrected chi connectivity index (χ4v) is 1.83. The minimum absolute atomic E-state index is 0.505. The molecule has 1 aromatic heterocycles. The Morgan fingerprint density at radius 1 is 1.38 bits per heavy atom. The molecule has 0 bridgehead atoms. The molecule has 0 saturated heterocycles. The summed E-state index contributed by atoms with van der Waals surface area (Å²) in [6.45, 7) is 4.45. The lowest BCUT2D eigenvalue weighted by atomic mass is 10.2. The van der Waals surface area contributed by atoms with Gasteiger partial charge in [-0.1, -0.05) is 17.7 Å². The summed E-state index contributed by atoms with van der Waals surface area (Å²) in [5.74, 6) is 0. The fraction of sp³-hybridized carbons (Fsp3) is 0.250. The molecule has 2 aromatic rings. The summed E-state index contributed by atoms with van der Waals surface area (Å²) in [6.07, 6.45) is 1.95. The second-order valence-corrected chi connectivity index (χ2v) is 4.18. The number of aromatic nitrogens is 2. The summed E-state index contributed by atoms with van der Waals surface area (Å²) in [5, 5.41) is 5.18. The summed E-state index contributed by atoms with van der Waals surface area (Å²) < 4.78 is 1.83. The first-order valence-electron chi connectivity index (χ1n) is 5.14. The highest BCUT2D eigenvalue weighted by molar-refractivity contribution is 6.31. The van der Waals surface area contributed by atoms with Crippen molar-refractivity contribution < 1.29 is 0 Å². The molecule has 4 heteroatoms. The predicted octanol–water partition coefficient (Wildman–Crippen LogP) is 2.60. The van der Waals surface area contributed by atoms with Crippen LogP contribution in [0.3, 0.4) is 0 Å². The van der Waals surface area contributed by atoms with Gasteiger partial charge in [-0.15, -0.1) is 0 Å². The van der Waals surface area contributed by atoms with Crippen molar-refractivity contribution >= 4 is 11.6 Å². The lowest BCUT2D eigenvalue weighted by molar-refractivity contribution is 0.856. The molecule has 0 aliphatic carbocycles. The first-order chi connectivity index (χ1) is 7.63. The van der Waals surface area contributed by atoms with Gasteiger partial charge in [0, 0.05) is 23.3 Å². The Morgan fingerprint density at radius 3 is 2.75 bits per heavy atom. The maximum Gasteiger partial charge on any atom is 0.0689 e. The molecule has 0 saturated carbocycles. The van der Waals surface area contributed by atoms with Gasteiger partial charge in [-0.2, -0.15) is 5.10 Å². The highest BCUT2D eigenvalue weighted by Crippen LogP contribution is 2.22. The van der Waals surface area contributed by atoms with Gasteiger partial charge in [-0.25, -0.2) is 4.68 Å². The van der Waals surface area contributed by atoms with Gasteiger partial charge >= 0.3 is 0 Å². The number of aryl methyl sites for hydroxylation is 1. The Labute approximate surface area is 99.8 Å². The lowest BCUT2D eigenvalue weighted by Gasteiger charge is -2.06. The second kappa shape index (κ2) is 4.28. The molecule has 84 valence electrons. The average Bonchev–Trinajstić information content (AvgIpc) is 2.63. The van der Waals surface area contributed by atoms with E-state index in [1.54, 1.807) is 0 Å². The molecular weight excluding hydrogens is 222 g/mol. The van der Waals surface area contributed by atoms with Crippen molar-refractivity contribution in [3.8, 4) is 5.69 Å². The normalized spacial score (nSPS) is 10.8. The quantitative estimate of drug-likeness (QED) is 0.870. The maximum atomic E-state index is 6.08. The van der Waals surface area contributed by atoms with Crippen molar-refractivity contribution in [2.75, 3.05) is 0 Å². The van der Waals surface area contributed by atoms with E-state index < -0.39 is 0 Å². The molecule has 16 heavy (non-hydrogen) atoms. The van der Waals surface area contributed by atoms with Crippen LogP contribution in [0.2, 0.25) is 5.02 Å². The number of halogens is 1. The number of rotatable bonds is 2. The smallest absolute Gasteiger partial charge is 0.0689 e. The van der Waals surface area contributed by atoms with Gasteiger partial charge in [-0.3, -0.25) is 0 Å². The number of benzene rings is 1. The van der Waals surface area contributed by atoms with Crippen molar-refractivity contribution in [3.05, 3.63) is 46.2 Å². The summed E-state index contributed by atoms with van der Waals surface area (Å²) >= 11 is 6.08. The third-order valence-electron chi connectivity index (χ3n) is 2.71. The zero-order valence-corrected chi connectivity index (χ0v) is 10.1. The van der Waals surface area contributed by atoms with Gasteiger partial charge in [0.15, 0.2) is 0 Å². The van der Waals surface area contributed by atoms with Gasteiger partial charge in [0.1, 0.15) is 0 Å². The van der Waals surface area contributed by atoms with Crippen LogP contribution in [0.4, 0.5) is 0 Å². The highest BCUT2D eigenvalue weighted by Gasteiger charge is 2.08. The minimum atomic E-state index is 0.505. The van der Waals surface area contributed by atoms with Crippen molar-refractivity contribution in [1.29, 1.82) is 0 Å². The summed E-state index contributed by atoms with van der Waals surface area (Å²) in [5.41, 5.74) is 9.66. The van der Waals surface area contributed by atoms with Crippen molar-refractivity contribution in [2.24, 2.45) is 5.73 Å². The minimum Gasteiger partial charge on any atom is -0.326 e. The molecular formula is C12H14ClN3. The van der Waals surface area contributed by atoms with E-state index in [1.807, 2.05) is 42.9 Å². The molecule has 0 atom stereocenters. The zero-order valence-electron chi connectivity index (χ0n) is 9.37. The van der Waals surface area contributed by atoms with Gasteiger partial charge < -0.3 is 5.73 Å². The van der Waals surface area contributed by atoms with Gasteiger partial charge in [0.25, 0.3) is 0 Å². The Bertz CT molecular complexity index is 517. The van der Waals surface area contributed by atoms with Crippen LogP contribution in [0.15, 0.2) is 24.4 Å². The van der Waals surface area contributed by atoms with Crippen LogP contribution >= 0.6 is 11.6 Å². The van der Waals surface area contributed by atoms with Gasteiger partial charge in [-0.05, 0) is 31.5 Å². The van der Waals surface area contributed by atoms with E-state index in [2.05, 4.69) is 5.10 Å². The van der Waals surface area contributed by atoms with Crippen molar-refractivity contribution in [3.63, 3.8) is 0 Å². The maximum absolute atomic E-state index is 6.08. The molecule has 0 spiro atoms. The van der Waals surface area contributed by atoms with Crippen LogP contribution in [0.1, 0.15) is 16.8 Å². The van der Waals surface area contributed by atoms with Crippen molar-refractivity contribution in [1.82, 2.24) is 9.78 Å². The van der Waals surface area contributed by atoms with Crippen LogP contribution in [0.5, 0.6) is 0 Å². The van der Waals surface area contributed by atoms with E-state index in [1.165, 1.54) is 0 Å². The number of hydrogen-bond donors (Lipinski definition) is 1. The van der Waals surface area contributed by atoms with Crippen LogP contribution < -0.4 is 5.73 Å². The Hall–Kier alpha value is -1.32. The van der Waals surface area contributed by atoms with Crippen LogP contribution in [0, 0.1) is 13.8 Å². The predicted molar refractivity (Wildman–Crippen MR) is 65.9 cm³/mol. The van der Waals surface area contributed by atoms with E-state index in [4.69, 9.17) is 17.3 Å². The van der Waals surface area contributed by atoms with E-state index in [9.17, 15) is 0 Å². The van der Waals surface area contributed by atoms with Crippen LogP contribution in [-0.2, 0) is 6.54 Å².